The lowest BCUT2D eigenvalue weighted by molar-refractivity contribution is 0.191. The van der Waals surface area contributed by atoms with Crippen LogP contribution in [0.2, 0.25) is 0 Å². The van der Waals surface area contributed by atoms with Crippen LogP contribution in [0.4, 0.5) is 4.39 Å². The molecule has 1 rings (SSSR count). The van der Waals surface area contributed by atoms with E-state index >= 15 is 0 Å². The van der Waals surface area contributed by atoms with E-state index in [0.29, 0.717) is 11.6 Å². The fraction of sp³-hybridized carbons (Fsp3) is 0.750. The highest BCUT2D eigenvalue weighted by Crippen LogP contribution is 2.21. The molecule has 0 saturated heterocycles. The van der Waals surface area contributed by atoms with Crippen molar-refractivity contribution in [1.29, 1.82) is 0 Å². The van der Waals surface area contributed by atoms with Crippen molar-refractivity contribution in [3.63, 3.8) is 0 Å². The van der Waals surface area contributed by atoms with E-state index in [1.165, 1.54) is 6.92 Å². The van der Waals surface area contributed by atoms with Crippen molar-refractivity contribution >= 4 is 0 Å². The fourth-order valence-electron chi connectivity index (χ4n) is 0.834. The third-order valence-electron chi connectivity index (χ3n) is 1.48. The van der Waals surface area contributed by atoms with Gasteiger partial charge in [0.1, 0.15) is 12.8 Å². The van der Waals surface area contributed by atoms with Gasteiger partial charge in [-0.15, -0.1) is 0 Å². The van der Waals surface area contributed by atoms with Crippen LogP contribution in [0.25, 0.3) is 0 Å². The molecule has 1 aromatic heterocycles. The summed E-state index contributed by atoms with van der Waals surface area (Å²) < 4.78 is 22.0. The van der Waals surface area contributed by atoms with Crippen LogP contribution in [-0.4, -0.2) is 23.1 Å². The molecule has 1 atom stereocenters. The number of aromatic nitrogens is 2. The number of rotatable bonds is 4. The molecule has 4 nitrogen and oxygen atoms in total. The quantitative estimate of drug-likeness (QED) is 0.724. The molecule has 0 amide bonds. The predicted octanol–water partition coefficient (Wildman–Crippen LogP) is 1.93. The van der Waals surface area contributed by atoms with Crippen LogP contribution < -0.4 is 4.74 Å². The minimum Gasteiger partial charge on any atom is -0.471 e. The second-order valence-corrected chi connectivity index (χ2v) is 3.20. The Labute approximate surface area is 76.0 Å². The van der Waals surface area contributed by atoms with E-state index in [1.807, 2.05) is 13.8 Å². The highest BCUT2D eigenvalue weighted by Gasteiger charge is 2.15. The van der Waals surface area contributed by atoms with Crippen molar-refractivity contribution in [2.24, 2.45) is 0 Å². The van der Waals surface area contributed by atoms with Crippen LogP contribution in [0.3, 0.4) is 0 Å². The zero-order valence-corrected chi connectivity index (χ0v) is 7.95. The Hall–Kier alpha value is -1.13. The molecule has 1 unspecified atom stereocenters. The average molecular weight is 188 g/mol. The van der Waals surface area contributed by atoms with E-state index < -0.39 is 6.17 Å². The Morgan fingerprint density at radius 1 is 1.38 bits per heavy atom. The molecule has 0 aliphatic heterocycles. The predicted molar refractivity (Wildman–Crippen MR) is 44.5 cm³/mol. The SMILES string of the molecule is CC(F)COc1nonc1C(C)C. The second-order valence-electron chi connectivity index (χ2n) is 3.20. The van der Waals surface area contributed by atoms with Gasteiger partial charge in [0, 0.05) is 5.92 Å². The van der Waals surface area contributed by atoms with Gasteiger partial charge in [-0.1, -0.05) is 19.0 Å². The average Bonchev–Trinajstić information content (AvgIpc) is 2.47. The molecule has 1 heterocycles. The highest BCUT2D eigenvalue weighted by atomic mass is 19.1. The molecule has 0 aliphatic carbocycles. The molecule has 0 aromatic carbocycles. The highest BCUT2D eigenvalue weighted by molar-refractivity contribution is 5.17. The maximum absolute atomic E-state index is 12.4. The molecule has 5 heteroatoms. The summed E-state index contributed by atoms with van der Waals surface area (Å²) in [5.41, 5.74) is 0.626. The van der Waals surface area contributed by atoms with Crippen LogP contribution >= 0.6 is 0 Å². The molecule has 1 aromatic rings. The molecule has 0 bridgehead atoms. The van der Waals surface area contributed by atoms with Gasteiger partial charge in [0.2, 0.25) is 0 Å². The van der Waals surface area contributed by atoms with E-state index in [1.54, 1.807) is 0 Å². The molecular weight excluding hydrogens is 175 g/mol. The van der Waals surface area contributed by atoms with E-state index in [9.17, 15) is 4.39 Å². The van der Waals surface area contributed by atoms with Gasteiger partial charge in [0.15, 0.2) is 5.69 Å². The zero-order chi connectivity index (χ0) is 9.84. The second kappa shape index (κ2) is 4.20. The maximum Gasteiger partial charge on any atom is 0.279 e. The summed E-state index contributed by atoms with van der Waals surface area (Å²) in [5, 5.41) is 7.19. The number of halogens is 1. The zero-order valence-electron chi connectivity index (χ0n) is 7.95. The topological polar surface area (TPSA) is 48.2 Å². The maximum atomic E-state index is 12.4. The van der Waals surface area contributed by atoms with Crippen LogP contribution in [0, 0.1) is 0 Å². The molecule has 0 N–H and O–H groups in total. The normalized spacial score (nSPS) is 13.3. The van der Waals surface area contributed by atoms with Crippen molar-refractivity contribution in [2.45, 2.75) is 32.9 Å². The summed E-state index contributed by atoms with van der Waals surface area (Å²) in [6.07, 6.45) is -1.02. The first-order valence-corrected chi connectivity index (χ1v) is 4.20. The molecule has 0 saturated carbocycles. The van der Waals surface area contributed by atoms with Crippen LogP contribution in [0.15, 0.2) is 4.63 Å². The van der Waals surface area contributed by atoms with Gasteiger partial charge >= 0.3 is 0 Å². The Balaban J connectivity index is 2.60. The lowest BCUT2D eigenvalue weighted by Crippen LogP contribution is -2.09. The monoisotopic (exact) mass is 188 g/mol. The number of alkyl halides is 1. The number of ether oxygens (including phenoxy) is 1. The minimum atomic E-state index is -1.02. The Kier molecular flexibility index (Phi) is 3.22. The summed E-state index contributed by atoms with van der Waals surface area (Å²) >= 11 is 0. The first-order chi connectivity index (χ1) is 6.11. The first-order valence-electron chi connectivity index (χ1n) is 4.20. The first kappa shape index (κ1) is 9.95. The summed E-state index contributed by atoms with van der Waals surface area (Å²) in [4.78, 5) is 0. The minimum absolute atomic E-state index is 0.0199. The van der Waals surface area contributed by atoms with Gasteiger partial charge in [-0.05, 0) is 12.1 Å². The molecular formula is C8H13FN2O2. The molecule has 74 valence electrons. The van der Waals surface area contributed by atoms with Crippen molar-refractivity contribution in [3.05, 3.63) is 5.69 Å². The Morgan fingerprint density at radius 3 is 2.62 bits per heavy atom. The molecule has 0 aliphatic rings. The van der Waals surface area contributed by atoms with Crippen LogP contribution in [0.5, 0.6) is 5.88 Å². The van der Waals surface area contributed by atoms with Gasteiger partial charge in [0.05, 0.1) is 0 Å². The van der Waals surface area contributed by atoms with Crippen molar-refractivity contribution < 1.29 is 13.8 Å². The van der Waals surface area contributed by atoms with Gasteiger partial charge < -0.3 is 4.74 Å². The van der Waals surface area contributed by atoms with Crippen LogP contribution in [-0.2, 0) is 0 Å². The van der Waals surface area contributed by atoms with Gasteiger partial charge in [-0.25, -0.2) is 9.02 Å². The van der Waals surface area contributed by atoms with Gasteiger partial charge in [-0.3, -0.25) is 0 Å². The van der Waals surface area contributed by atoms with E-state index in [-0.39, 0.29) is 12.5 Å². The third-order valence-corrected chi connectivity index (χ3v) is 1.48. The summed E-state index contributed by atoms with van der Waals surface area (Å²) in [7, 11) is 0. The van der Waals surface area contributed by atoms with Gasteiger partial charge in [-0.2, -0.15) is 0 Å². The number of nitrogens with zero attached hydrogens (tertiary/aromatic N) is 2. The van der Waals surface area contributed by atoms with Crippen molar-refractivity contribution in [3.8, 4) is 5.88 Å². The third kappa shape index (κ3) is 2.68. The van der Waals surface area contributed by atoms with E-state index in [0.717, 1.165) is 0 Å². The van der Waals surface area contributed by atoms with Crippen molar-refractivity contribution in [2.75, 3.05) is 6.61 Å². The Bertz CT molecular complexity index is 260. The molecule has 0 fully saturated rings. The molecule has 0 radical (unpaired) electrons. The lowest BCUT2D eigenvalue weighted by Gasteiger charge is -2.04. The summed E-state index contributed by atoms with van der Waals surface area (Å²) in [6, 6.07) is 0. The Morgan fingerprint density at radius 2 is 2.08 bits per heavy atom. The van der Waals surface area contributed by atoms with Crippen molar-refractivity contribution in [1.82, 2.24) is 10.3 Å². The standard InChI is InChI=1S/C8H13FN2O2/c1-5(2)7-8(11-13-10-7)12-4-6(3)9/h5-6H,4H2,1-3H3. The largest absolute Gasteiger partial charge is 0.471 e. The molecule has 0 spiro atoms. The summed E-state index contributed by atoms with van der Waals surface area (Å²) in [6.45, 7) is 5.27. The lowest BCUT2D eigenvalue weighted by atomic mass is 10.1. The number of hydrogen-bond donors (Lipinski definition) is 0. The van der Waals surface area contributed by atoms with Gasteiger partial charge in [0.25, 0.3) is 5.88 Å². The molecule has 13 heavy (non-hydrogen) atoms. The number of hydrogen-bond acceptors (Lipinski definition) is 4. The van der Waals surface area contributed by atoms with E-state index in [2.05, 4.69) is 14.9 Å². The smallest absolute Gasteiger partial charge is 0.279 e. The van der Waals surface area contributed by atoms with E-state index in [4.69, 9.17) is 4.74 Å². The fourth-order valence-corrected chi connectivity index (χ4v) is 0.834. The summed E-state index contributed by atoms with van der Waals surface area (Å²) in [5.74, 6) is 0.454. The van der Waals surface area contributed by atoms with Crippen LogP contribution in [0.1, 0.15) is 32.4 Å².